The van der Waals surface area contributed by atoms with Crippen LogP contribution in [0, 0.1) is 11.7 Å². The fourth-order valence-corrected chi connectivity index (χ4v) is 4.28. The molecule has 0 fully saturated rings. The SMILES string of the molecule is Cc1cc(C(=O)Nc2cccc(-n3cc[nH]c3=S)c2)c2nc3n(c2n1)CCCCC3. The lowest BCUT2D eigenvalue weighted by atomic mass is 10.1. The maximum absolute atomic E-state index is 13.2. The Balaban J connectivity index is 1.51. The number of fused-ring (bicyclic) bond motifs is 3. The van der Waals surface area contributed by atoms with Crippen molar-refractivity contribution >= 4 is 35.0 Å². The fourth-order valence-electron chi connectivity index (χ4n) is 4.04. The van der Waals surface area contributed by atoms with Crippen LogP contribution in [0.5, 0.6) is 0 Å². The summed E-state index contributed by atoms with van der Waals surface area (Å²) >= 11 is 5.30. The molecule has 0 bridgehead atoms. The molecule has 7 nitrogen and oxygen atoms in total. The molecule has 2 N–H and O–H groups in total. The Labute approximate surface area is 178 Å². The normalized spacial score (nSPS) is 13.8. The number of rotatable bonds is 3. The number of anilines is 1. The number of pyridine rings is 1. The Bertz CT molecular complexity index is 1310. The number of hydrogen-bond donors (Lipinski definition) is 2. The Kier molecular flexibility index (Phi) is 4.71. The number of hydrogen-bond acceptors (Lipinski definition) is 4. The van der Waals surface area contributed by atoms with Gasteiger partial charge in [-0.3, -0.25) is 9.36 Å². The van der Waals surface area contributed by atoms with Gasteiger partial charge in [0.2, 0.25) is 0 Å². The van der Waals surface area contributed by atoms with Crippen LogP contribution in [0.3, 0.4) is 0 Å². The number of amides is 1. The average Bonchev–Trinajstić information content (AvgIpc) is 3.22. The van der Waals surface area contributed by atoms with Crippen LogP contribution < -0.4 is 5.32 Å². The molecular weight excluding hydrogens is 396 g/mol. The number of aromatic amines is 1. The van der Waals surface area contributed by atoms with Gasteiger partial charge in [0.05, 0.1) is 5.56 Å². The molecule has 8 heteroatoms. The molecule has 0 spiro atoms. The van der Waals surface area contributed by atoms with Gasteiger partial charge in [-0.15, -0.1) is 0 Å². The molecule has 0 saturated carbocycles. The average molecular weight is 419 g/mol. The standard InChI is InChI=1S/C22H22N6OS/c1-14-12-17(19-20(24-14)28-10-4-2-3-8-18(28)26-19)21(29)25-15-6-5-7-16(13-15)27-11-9-23-22(27)30/h5-7,9,11-13H,2-4,8,10H2,1H3,(H,23,30)(H,25,29). The van der Waals surface area contributed by atoms with E-state index in [1.165, 1.54) is 6.42 Å². The van der Waals surface area contributed by atoms with Crippen LogP contribution in [-0.2, 0) is 13.0 Å². The van der Waals surface area contributed by atoms with Crippen molar-refractivity contribution in [2.24, 2.45) is 0 Å². The summed E-state index contributed by atoms with van der Waals surface area (Å²) in [5.41, 5.74) is 4.44. The lowest BCUT2D eigenvalue weighted by Crippen LogP contribution is -2.14. The summed E-state index contributed by atoms with van der Waals surface area (Å²) < 4.78 is 4.64. The van der Waals surface area contributed by atoms with Crippen LogP contribution in [0.4, 0.5) is 5.69 Å². The van der Waals surface area contributed by atoms with Crippen molar-refractivity contribution in [2.75, 3.05) is 5.32 Å². The second-order valence-corrected chi connectivity index (χ2v) is 8.00. The monoisotopic (exact) mass is 418 g/mol. The first-order chi connectivity index (χ1) is 14.6. The van der Waals surface area contributed by atoms with E-state index in [0.717, 1.165) is 48.7 Å². The van der Waals surface area contributed by atoms with Crippen molar-refractivity contribution in [3.8, 4) is 5.69 Å². The van der Waals surface area contributed by atoms with Gasteiger partial charge in [0.1, 0.15) is 11.3 Å². The van der Waals surface area contributed by atoms with Crippen molar-refractivity contribution < 1.29 is 4.79 Å². The third-order valence-corrected chi connectivity index (χ3v) is 5.78. The lowest BCUT2D eigenvalue weighted by Gasteiger charge is -2.10. The number of nitrogens with zero attached hydrogens (tertiary/aromatic N) is 4. The number of carbonyl (C=O) groups is 1. The van der Waals surface area contributed by atoms with E-state index >= 15 is 0 Å². The number of benzene rings is 1. The summed E-state index contributed by atoms with van der Waals surface area (Å²) in [6, 6.07) is 9.42. The molecule has 30 heavy (non-hydrogen) atoms. The van der Waals surface area contributed by atoms with E-state index in [9.17, 15) is 4.79 Å². The molecule has 4 heterocycles. The van der Waals surface area contributed by atoms with E-state index in [1.54, 1.807) is 6.20 Å². The summed E-state index contributed by atoms with van der Waals surface area (Å²) in [6.07, 6.45) is 8.01. The van der Waals surface area contributed by atoms with Crippen LogP contribution in [0.2, 0.25) is 0 Å². The minimum atomic E-state index is -0.187. The van der Waals surface area contributed by atoms with Gasteiger partial charge in [-0.25, -0.2) is 9.97 Å². The molecule has 0 atom stereocenters. The minimum Gasteiger partial charge on any atom is -0.337 e. The van der Waals surface area contributed by atoms with Crippen molar-refractivity contribution in [1.29, 1.82) is 0 Å². The zero-order valence-electron chi connectivity index (χ0n) is 16.7. The minimum absolute atomic E-state index is 0.187. The first-order valence-electron chi connectivity index (χ1n) is 10.1. The van der Waals surface area contributed by atoms with Gasteiger partial charge >= 0.3 is 0 Å². The Morgan fingerprint density at radius 1 is 1.20 bits per heavy atom. The summed E-state index contributed by atoms with van der Waals surface area (Å²) in [7, 11) is 0. The highest BCUT2D eigenvalue weighted by Crippen LogP contribution is 2.25. The van der Waals surface area contributed by atoms with Crippen LogP contribution in [0.25, 0.3) is 16.9 Å². The fraction of sp³-hybridized carbons (Fsp3) is 0.273. The molecule has 0 unspecified atom stereocenters. The predicted octanol–water partition coefficient (Wildman–Crippen LogP) is 4.57. The molecule has 0 saturated heterocycles. The molecule has 4 aromatic rings. The summed E-state index contributed by atoms with van der Waals surface area (Å²) in [6.45, 7) is 2.82. The van der Waals surface area contributed by atoms with Gasteiger partial charge in [0.25, 0.3) is 5.91 Å². The number of aryl methyl sites for hydroxylation is 3. The maximum Gasteiger partial charge on any atom is 0.258 e. The van der Waals surface area contributed by atoms with E-state index in [0.29, 0.717) is 21.5 Å². The second-order valence-electron chi connectivity index (χ2n) is 7.61. The van der Waals surface area contributed by atoms with Gasteiger partial charge in [0.15, 0.2) is 10.4 Å². The Morgan fingerprint density at radius 2 is 2.10 bits per heavy atom. The van der Waals surface area contributed by atoms with Crippen LogP contribution in [0.15, 0.2) is 42.7 Å². The smallest absolute Gasteiger partial charge is 0.258 e. The lowest BCUT2D eigenvalue weighted by molar-refractivity contribution is 0.102. The molecule has 3 aromatic heterocycles. The van der Waals surface area contributed by atoms with Crippen molar-refractivity contribution in [2.45, 2.75) is 39.2 Å². The Morgan fingerprint density at radius 3 is 2.93 bits per heavy atom. The first kappa shape index (κ1) is 18.7. The van der Waals surface area contributed by atoms with E-state index in [-0.39, 0.29) is 5.91 Å². The third-order valence-electron chi connectivity index (χ3n) is 5.47. The number of aromatic nitrogens is 5. The van der Waals surface area contributed by atoms with Crippen LogP contribution >= 0.6 is 12.2 Å². The third kappa shape index (κ3) is 3.33. The molecule has 152 valence electrons. The molecule has 1 aliphatic heterocycles. The molecule has 0 radical (unpaired) electrons. The van der Waals surface area contributed by atoms with Crippen LogP contribution in [0.1, 0.15) is 41.1 Å². The molecular formula is C22H22N6OS. The highest BCUT2D eigenvalue weighted by atomic mass is 32.1. The van der Waals surface area contributed by atoms with E-state index in [1.807, 2.05) is 48.0 Å². The van der Waals surface area contributed by atoms with Crippen molar-refractivity contribution in [1.82, 2.24) is 24.1 Å². The molecule has 0 aliphatic carbocycles. The second kappa shape index (κ2) is 7.53. The summed E-state index contributed by atoms with van der Waals surface area (Å²) in [5, 5.41) is 3.02. The predicted molar refractivity (Wildman–Crippen MR) is 119 cm³/mol. The Hall–Kier alpha value is -3.26. The highest BCUT2D eigenvalue weighted by molar-refractivity contribution is 7.71. The number of H-pyrrole nitrogens is 1. The van der Waals surface area contributed by atoms with Gasteiger partial charge in [-0.05, 0) is 56.2 Å². The van der Waals surface area contributed by atoms with E-state index < -0.39 is 0 Å². The number of nitrogens with one attached hydrogen (secondary N) is 2. The molecule has 1 amide bonds. The summed E-state index contributed by atoms with van der Waals surface area (Å²) in [5.74, 6) is 0.840. The number of imidazole rings is 2. The molecule has 5 rings (SSSR count). The van der Waals surface area contributed by atoms with Crippen LogP contribution in [-0.4, -0.2) is 30.0 Å². The van der Waals surface area contributed by atoms with E-state index in [4.69, 9.17) is 22.2 Å². The van der Waals surface area contributed by atoms with Gasteiger partial charge < -0.3 is 14.9 Å². The maximum atomic E-state index is 13.2. The van der Waals surface area contributed by atoms with Crippen molar-refractivity contribution in [3.63, 3.8) is 0 Å². The van der Waals surface area contributed by atoms with E-state index in [2.05, 4.69) is 14.9 Å². The first-order valence-corrected chi connectivity index (χ1v) is 10.6. The van der Waals surface area contributed by atoms with Gasteiger partial charge in [-0.2, -0.15) is 0 Å². The molecule has 1 aromatic carbocycles. The highest BCUT2D eigenvalue weighted by Gasteiger charge is 2.21. The van der Waals surface area contributed by atoms with Crippen molar-refractivity contribution in [3.05, 3.63) is 64.6 Å². The molecule has 1 aliphatic rings. The van der Waals surface area contributed by atoms with Gasteiger partial charge in [0, 0.05) is 42.4 Å². The van der Waals surface area contributed by atoms with Gasteiger partial charge in [-0.1, -0.05) is 12.5 Å². The summed E-state index contributed by atoms with van der Waals surface area (Å²) in [4.78, 5) is 25.7. The quantitative estimate of drug-likeness (QED) is 0.478. The zero-order valence-corrected chi connectivity index (χ0v) is 17.5. The zero-order chi connectivity index (χ0) is 20.7. The topological polar surface area (TPSA) is 80.5 Å². The largest absolute Gasteiger partial charge is 0.337 e. The number of carbonyl (C=O) groups excluding carboxylic acids is 1.